The molecule has 1 fully saturated rings. The molecule has 0 saturated heterocycles. The predicted molar refractivity (Wildman–Crippen MR) is 89.3 cm³/mol. The van der Waals surface area contributed by atoms with Gasteiger partial charge in [-0.25, -0.2) is 4.98 Å². The third kappa shape index (κ3) is 3.82. The molecule has 0 amide bonds. The predicted octanol–water partition coefficient (Wildman–Crippen LogP) is 3.19. The molecule has 3 rings (SSSR count). The van der Waals surface area contributed by atoms with Crippen LogP contribution in [-0.4, -0.2) is 27.2 Å². The van der Waals surface area contributed by atoms with Gasteiger partial charge in [-0.2, -0.15) is 4.98 Å². The van der Waals surface area contributed by atoms with Gasteiger partial charge in [0.05, 0.1) is 11.0 Å². The van der Waals surface area contributed by atoms with Gasteiger partial charge >= 0.3 is 0 Å². The van der Waals surface area contributed by atoms with Crippen LogP contribution in [0.15, 0.2) is 40.3 Å². The number of nitrogens with two attached hydrogens (primary N) is 1. The Balaban J connectivity index is 1.79. The molecule has 116 valence electrons. The Morgan fingerprint density at radius 3 is 2.73 bits per heavy atom. The largest absolute Gasteiger partial charge is 0.393 e. The number of hydrogen-bond donors (Lipinski definition) is 3. The number of halogens is 1. The van der Waals surface area contributed by atoms with E-state index in [-0.39, 0.29) is 18.1 Å². The molecule has 1 aromatic heterocycles. The van der Waals surface area contributed by atoms with Crippen molar-refractivity contribution in [2.24, 2.45) is 0 Å². The lowest BCUT2D eigenvalue weighted by atomic mass is 10.2. The van der Waals surface area contributed by atoms with Crippen molar-refractivity contribution in [2.45, 2.75) is 41.2 Å². The van der Waals surface area contributed by atoms with Gasteiger partial charge < -0.3 is 16.2 Å². The number of nitrogen functional groups attached to an aromatic ring is 1. The second kappa shape index (κ2) is 6.73. The van der Waals surface area contributed by atoms with Crippen molar-refractivity contribution in [3.8, 4) is 0 Å². The highest BCUT2D eigenvalue weighted by atomic mass is 35.5. The van der Waals surface area contributed by atoms with Crippen molar-refractivity contribution in [3.63, 3.8) is 0 Å². The number of anilines is 2. The zero-order valence-corrected chi connectivity index (χ0v) is 13.4. The summed E-state index contributed by atoms with van der Waals surface area (Å²) >= 11 is 7.46. The summed E-state index contributed by atoms with van der Waals surface area (Å²) in [4.78, 5) is 10.3. The molecule has 5 nitrogen and oxygen atoms in total. The molecular weight excluding hydrogens is 320 g/mol. The van der Waals surface area contributed by atoms with E-state index in [0.29, 0.717) is 10.8 Å². The average Bonchev–Trinajstić information content (AvgIpc) is 2.89. The quantitative estimate of drug-likeness (QED) is 0.795. The molecular formula is C15H17ClN4OS. The molecule has 0 bridgehead atoms. The molecule has 2 atom stereocenters. The van der Waals surface area contributed by atoms with Crippen LogP contribution in [0, 0.1) is 0 Å². The Hall–Kier alpha value is -1.50. The Labute approximate surface area is 138 Å². The van der Waals surface area contributed by atoms with Crippen LogP contribution >= 0.6 is 23.4 Å². The highest BCUT2D eigenvalue weighted by Crippen LogP contribution is 2.34. The van der Waals surface area contributed by atoms with Crippen molar-refractivity contribution in [1.29, 1.82) is 0 Å². The molecule has 7 heteroatoms. The van der Waals surface area contributed by atoms with Gasteiger partial charge in [-0.15, -0.1) is 0 Å². The number of benzene rings is 1. The SMILES string of the molecule is Nc1ncc(Sc2ccc(Cl)cc2)c(NC2CCC(O)C2)n1. The van der Waals surface area contributed by atoms with E-state index in [9.17, 15) is 5.11 Å². The molecule has 0 aliphatic heterocycles. The third-order valence-corrected chi connectivity index (χ3v) is 4.84. The lowest BCUT2D eigenvalue weighted by molar-refractivity contribution is 0.182. The van der Waals surface area contributed by atoms with Crippen molar-refractivity contribution in [1.82, 2.24) is 9.97 Å². The number of nitrogens with one attached hydrogen (secondary N) is 1. The minimum Gasteiger partial charge on any atom is -0.393 e. The van der Waals surface area contributed by atoms with Gasteiger partial charge in [0.2, 0.25) is 5.95 Å². The Bertz CT molecular complexity index is 652. The van der Waals surface area contributed by atoms with Crippen LogP contribution in [0.1, 0.15) is 19.3 Å². The first-order valence-corrected chi connectivity index (χ1v) is 8.30. The average molecular weight is 337 g/mol. The lowest BCUT2D eigenvalue weighted by Crippen LogP contribution is -2.18. The minimum absolute atomic E-state index is 0.217. The Kier molecular flexibility index (Phi) is 4.71. The molecule has 1 aliphatic carbocycles. The molecule has 1 saturated carbocycles. The molecule has 0 spiro atoms. The summed E-state index contributed by atoms with van der Waals surface area (Å²) in [6, 6.07) is 7.82. The summed E-state index contributed by atoms with van der Waals surface area (Å²) in [6.07, 6.45) is 3.96. The van der Waals surface area contributed by atoms with Gasteiger partial charge in [0.15, 0.2) is 0 Å². The first-order valence-electron chi connectivity index (χ1n) is 7.10. The van der Waals surface area contributed by atoms with Gasteiger partial charge in [0.1, 0.15) is 5.82 Å². The molecule has 1 aliphatic rings. The van der Waals surface area contributed by atoms with Gasteiger partial charge in [-0.05, 0) is 43.5 Å². The maximum absolute atomic E-state index is 9.65. The summed E-state index contributed by atoms with van der Waals surface area (Å²) in [5.41, 5.74) is 5.70. The standard InChI is InChI=1S/C15H17ClN4OS/c16-9-1-5-12(6-2-9)22-13-8-18-15(17)20-14(13)19-10-3-4-11(21)7-10/h1-2,5-6,8,10-11,21H,3-4,7H2,(H3,17,18,19,20). The number of hydrogen-bond acceptors (Lipinski definition) is 6. The van der Waals surface area contributed by atoms with Crippen LogP contribution in [-0.2, 0) is 0 Å². The summed E-state index contributed by atoms with van der Waals surface area (Å²) in [5, 5.41) is 13.7. The van der Waals surface area contributed by atoms with Crippen LogP contribution in [0.25, 0.3) is 0 Å². The van der Waals surface area contributed by atoms with E-state index in [1.54, 1.807) is 18.0 Å². The van der Waals surface area contributed by atoms with Gasteiger partial charge in [-0.3, -0.25) is 0 Å². The zero-order chi connectivity index (χ0) is 15.5. The van der Waals surface area contributed by atoms with Crippen LogP contribution in [0.3, 0.4) is 0 Å². The topological polar surface area (TPSA) is 84.1 Å². The number of rotatable bonds is 4. The van der Waals surface area contributed by atoms with Crippen molar-refractivity contribution in [3.05, 3.63) is 35.5 Å². The van der Waals surface area contributed by atoms with Crippen LogP contribution < -0.4 is 11.1 Å². The smallest absolute Gasteiger partial charge is 0.221 e. The number of aromatic nitrogens is 2. The second-order valence-corrected chi connectivity index (χ2v) is 6.86. The summed E-state index contributed by atoms with van der Waals surface area (Å²) in [6.45, 7) is 0. The second-order valence-electron chi connectivity index (χ2n) is 5.31. The minimum atomic E-state index is -0.232. The number of aliphatic hydroxyl groups is 1. The molecule has 2 aromatic rings. The fraction of sp³-hybridized carbons (Fsp3) is 0.333. The van der Waals surface area contributed by atoms with Gasteiger partial charge in [0.25, 0.3) is 0 Å². The summed E-state index contributed by atoms with van der Waals surface area (Å²) < 4.78 is 0. The highest BCUT2D eigenvalue weighted by Gasteiger charge is 2.24. The summed E-state index contributed by atoms with van der Waals surface area (Å²) in [7, 11) is 0. The van der Waals surface area contributed by atoms with E-state index in [1.165, 1.54) is 0 Å². The first-order chi connectivity index (χ1) is 10.6. The number of aliphatic hydroxyl groups excluding tert-OH is 1. The van der Waals surface area contributed by atoms with Crippen LogP contribution in [0.5, 0.6) is 0 Å². The van der Waals surface area contributed by atoms with E-state index in [0.717, 1.165) is 29.1 Å². The van der Waals surface area contributed by atoms with Crippen molar-refractivity contribution < 1.29 is 5.11 Å². The molecule has 22 heavy (non-hydrogen) atoms. The van der Waals surface area contributed by atoms with Gasteiger partial charge in [0, 0.05) is 22.2 Å². The van der Waals surface area contributed by atoms with Crippen molar-refractivity contribution >= 4 is 35.1 Å². The Morgan fingerprint density at radius 1 is 1.27 bits per heavy atom. The fourth-order valence-corrected chi connectivity index (χ4v) is 3.43. The number of nitrogens with zero attached hydrogens (tertiary/aromatic N) is 2. The van der Waals surface area contributed by atoms with E-state index in [2.05, 4.69) is 15.3 Å². The van der Waals surface area contributed by atoms with Crippen LogP contribution in [0.4, 0.5) is 11.8 Å². The molecule has 1 heterocycles. The maximum atomic E-state index is 9.65. The van der Waals surface area contributed by atoms with E-state index < -0.39 is 0 Å². The molecule has 4 N–H and O–H groups in total. The normalized spacial score (nSPS) is 21.0. The first kappa shape index (κ1) is 15.4. The lowest BCUT2D eigenvalue weighted by Gasteiger charge is -2.16. The van der Waals surface area contributed by atoms with Crippen LogP contribution in [0.2, 0.25) is 5.02 Å². The molecule has 1 aromatic carbocycles. The Morgan fingerprint density at radius 2 is 2.05 bits per heavy atom. The summed E-state index contributed by atoms with van der Waals surface area (Å²) in [5.74, 6) is 0.952. The molecule has 0 radical (unpaired) electrons. The monoisotopic (exact) mass is 336 g/mol. The van der Waals surface area contributed by atoms with Gasteiger partial charge in [-0.1, -0.05) is 23.4 Å². The zero-order valence-electron chi connectivity index (χ0n) is 11.9. The van der Waals surface area contributed by atoms with Crippen molar-refractivity contribution in [2.75, 3.05) is 11.1 Å². The third-order valence-electron chi connectivity index (χ3n) is 3.56. The van der Waals surface area contributed by atoms with E-state index in [4.69, 9.17) is 17.3 Å². The maximum Gasteiger partial charge on any atom is 0.221 e. The highest BCUT2D eigenvalue weighted by molar-refractivity contribution is 7.99. The molecule has 2 unspecified atom stereocenters. The van der Waals surface area contributed by atoms with E-state index >= 15 is 0 Å². The van der Waals surface area contributed by atoms with E-state index in [1.807, 2.05) is 24.3 Å². The fourth-order valence-electron chi connectivity index (χ4n) is 2.47.